The van der Waals surface area contributed by atoms with Gasteiger partial charge in [-0.3, -0.25) is 15.0 Å². The minimum atomic E-state index is -0.876. The smallest absolute Gasteiger partial charge is 0.326 e. The number of hydrogen-bond donors (Lipinski definition) is 2. The Labute approximate surface area is 99.0 Å². The van der Waals surface area contributed by atoms with E-state index in [1.807, 2.05) is 0 Å². The zero-order chi connectivity index (χ0) is 13.3. The van der Waals surface area contributed by atoms with Crippen LogP contribution < -0.4 is 11.2 Å². The van der Waals surface area contributed by atoms with E-state index >= 15 is 0 Å². The number of urea groups is 1. The number of hydrogen-bond acceptors (Lipinski definition) is 6. The lowest BCUT2D eigenvalue weighted by molar-refractivity contribution is -0.149. The van der Waals surface area contributed by atoms with Crippen LogP contribution in [0.3, 0.4) is 0 Å². The molecule has 0 aromatic carbocycles. The third-order valence-electron chi connectivity index (χ3n) is 1.52. The maximum atomic E-state index is 11.2. The number of esters is 2. The van der Waals surface area contributed by atoms with Gasteiger partial charge in [-0.15, -0.1) is 0 Å². The van der Waals surface area contributed by atoms with E-state index in [-0.39, 0.29) is 26.3 Å². The van der Waals surface area contributed by atoms with Crippen LogP contribution in [0.4, 0.5) is 4.79 Å². The fraction of sp³-hybridized carbons (Fsp3) is 0.667. The van der Waals surface area contributed by atoms with E-state index in [9.17, 15) is 14.4 Å². The van der Waals surface area contributed by atoms with E-state index in [1.165, 1.54) is 0 Å². The van der Waals surface area contributed by atoms with Crippen LogP contribution in [0.25, 0.3) is 0 Å². The lowest BCUT2D eigenvalue weighted by Gasteiger charge is -2.19. The number of hydrazine groups is 1. The molecule has 0 aromatic heterocycles. The molecule has 0 heterocycles. The highest BCUT2D eigenvalue weighted by Gasteiger charge is 2.17. The maximum Gasteiger partial charge on any atom is 0.326 e. The van der Waals surface area contributed by atoms with Gasteiger partial charge in [0, 0.05) is 0 Å². The summed E-state index contributed by atoms with van der Waals surface area (Å²) in [5, 5.41) is 1.03. The van der Waals surface area contributed by atoms with Gasteiger partial charge in [0.25, 0.3) is 0 Å². The molecule has 98 valence electrons. The van der Waals surface area contributed by atoms with Crippen molar-refractivity contribution in [3.63, 3.8) is 0 Å². The van der Waals surface area contributed by atoms with Gasteiger partial charge in [0.1, 0.15) is 13.1 Å². The highest BCUT2D eigenvalue weighted by atomic mass is 16.5. The molecule has 0 saturated carbocycles. The van der Waals surface area contributed by atoms with Gasteiger partial charge < -0.3 is 15.2 Å². The molecule has 0 unspecified atom stereocenters. The summed E-state index contributed by atoms with van der Waals surface area (Å²) in [6.45, 7) is 3.15. The largest absolute Gasteiger partial charge is 0.465 e. The predicted molar refractivity (Wildman–Crippen MR) is 57.6 cm³/mol. The summed E-state index contributed by atoms with van der Waals surface area (Å²) in [6.07, 6.45) is 0. The van der Waals surface area contributed by atoms with Crippen molar-refractivity contribution in [1.29, 1.82) is 0 Å². The van der Waals surface area contributed by atoms with Crippen molar-refractivity contribution >= 4 is 18.0 Å². The number of nitrogens with one attached hydrogen (secondary N) is 1. The predicted octanol–water partition coefficient (Wildman–Crippen LogP) is -1.00. The van der Waals surface area contributed by atoms with Crippen LogP contribution in [0.5, 0.6) is 0 Å². The Morgan fingerprint density at radius 2 is 1.47 bits per heavy atom. The van der Waals surface area contributed by atoms with E-state index in [0.29, 0.717) is 0 Å². The standard InChI is InChI=1S/C9H17N3O5/c1-3-16-7(13)5-12(11-9(10)15)6-8(14)17-4-2/h3-6H2,1-2H3,(H3,10,11,15). The lowest BCUT2D eigenvalue weighted by atomic mass is 10.5. The van der Waals surface area contributed by atoms with Gasteiger partial charge in [-0.1, -0.05) is 0 Å². The Bertz CT molecular complexity index is 262. The SMILES string of the molecule is CCOC(=O)CN(CC(=O)OCC)NC(N)=O. The van der Waals surface area contributed by atoms with E-state index in [2.05, 4.69) is 14.9 Å². The molecule has 0 bridgehead atoms. The summed E-state index contributed by atoms with van der Waals surface area (Å²) in [5.74, 6) is -1.16. The number of amides is 2. The van der Waals surface area contributed by atoms with Gasteiger partial charge >= 0.3 is 18.0 Å². The highest BCUT2D eigenvalue weighted by molar-refractivity contribution is 5.77. The molecule has 0 atom stereocenters. The second-order valence-electron chi connectivity index (χ2n) is 2.94. The lowest BCUT2D eigenvalue weighted by Crippen LogP contribution is -2.50. The van der Waals surface area contributed by atoms with Crippen LogP contribution in [0.2, 0.25) is 0 Å². The molecule has 0 aliphatic heterocycles. The van der Waals surface area contributed by atoms with E-state index in [4.69, 9.17) is 5.73 Å². The third kappa shape index (κ3) is 8.03. The maximum absolute atomic E-state index is 11.2. The van der Waals surface area contributed by atoms with Crippen molar-refractivity contribution in [3.8, 4) is 0 Å². The number of ether oxygens (including phenoxy) is 2. The first-order valence-corrected chi connectivity index (χ1v) is 5.11. The van der Waals surface area contributed by atoms with Crippen molar-refractivity contribution in [2.75, 3.05) is 26.3 Å². The minimum Gasteiger partial charge on any atom is -0.465 e. The normalized spacial score (nSPS) is 9.82. The first-order valence-electron chi connectivity index (χ1n) is 5.11. The Morgan fingerprint density at radius 3 is 1.76 bits per heavy atom. The van der Waals surface area contributed by atoms with Crippen molar-refractivity contribution in [3.05, 3.63) is 0 Å². The van der Waals surface area contributed by atoms with Crippen LogP contribution in [-0.4, -0.2) is 49.3 Å². The molecule has 0 aliphatic carbocycles. The van der Waals surface area contributed by atoms with Gasteiger partial charge in [-0.25, -0.2) is 4.79 Å². The van der Waals surface area contributed by atoms with Crippen molar-refractivity contribution in [2.24, 2.45) is 5.73 Å². The van der Waals surface area contributed by atoms with Crippen LogP contribution in [-0.2, 0) is 19.1 Å². The van der Waals surface area contributed by atoms with Crippen LogP contribution >= 0.6 is 0 Å². The molecule has 17 heavy (non-hydrogen) atoms. The van der Waals surface area contributed by atoms with Crippen molar-refractivity contribution < 1.29 is 23.9 Å². The van der Waals surface area contributed by atoms with Crippen LogP contribution in [0.15, 0.2) is 0 Å². The van der Waals surface area contributed by atoms with E-state index < -0.39 is 18.0 Å². The molecular formula is C9H17N3O5. The summed E-state index contributed by atoms with van der Waals surface area (Å²) in [6, 6.07) is -0.876. The molecule has 0 radical (unpaired) electrons. The molecular weight excluding hydrogens is 230 g/mol. The fourth-order valence-corrected chi connectivity index (χ4v) is 1.02. The molecule has 3 N–H and O–H groups in total. The average Bonchev–Trinajstić information content (AvgIpc) is 2.16. The van der Waals surface area contributed by atoms with Gasteiger partial charge in [0.15, 0.2) is 0 Å². The van der Waals surface area contributed by atoms with Crippen molar-refractivity contribution in [1.82, 2.24) is 10.4 Å². The molecule has 0 fully saturated rings. The number of carbonyl (C=O) groups excluding carboxylic acids is 3. The summed E-state index contributed by atoms with van der Waals surface area (Å²) < 4.78 is 9.34. The molecule has 0 rings (SSSR count). The Hall–Kier alpha value is -1.83. The monoisotopic (exact) mass is 247 g/mol. The highest BCUT2D eigenvalue weighted by Crippen LogP contribution is 1.89. The zero-order valence-corrected chi connectivity index (χ0v) is 9.89. The molecule has 2 amide bonds. The second kappa shape index (κ2) is 8.34. The summed E-state index contributed by atoms with van der Waals surface area (Å²) in [7, 11) is 0. The third-order valence-corrected chi connectivity index (χ3v) is 1.52. The number of rotatable bonds is 7. The first-order chi connectivity index (χ1) is 7.99. The van der Waals surface area contributed by atoms with Gasteiger partial charge in [-0.2, -0.15) is 5.01 Å². The first kappa shape index (κ1) is 15.2. The number of carbonyl (C=O) groups is 3. The number of primary amides is 1. The Kier molecular flexibility index (Phi) is 7.44. The molecule has 0 saturated heterocycles. The quantitative estimate of drug-likeness (QED) is 0.441. The van der Waals surface area contributed by atoms with E-state index in [1.54, 1.807) is 13.8 Å². The van der Waals surface area contributed by atoms with Gasteiger partial charge in [0.2, 0.25) is 0 Å². The second-order valence-corrected chi connectivity index (χ2v) is 2.94. The fourth-order valence-electron chi connectivity index (χ4n) is 1.02. The summed E-state index contributed by atoms with van der Waals surface area (Å²) >= 11 is 0. The molecule has 0 spiro atoms. The Balaban J connectivity index is 4.27. The number of nitrogens with two attached hydrogens (primary N) is 1. The molecule has 8 nitrogen and oxygen atoms in total. The molecule has 8 heteroatoms. The zero-order valence-electron chi connectivity index (χ0n) is 9.89. The summed E-state index contributed by atoms with van der Waals surface area (Å²) in [5.41, 5.74) is 7.03. The van der Waals surface area contributed by atoms with Crippen LogP contribution in [0.1, 0.15) is 13.8 Å². The van der Waals surface area contributed by atoms with Gasteiger partial charge in [-0.05, 0) is 13.8 Å². The summed E-state index contributed by atoms with van der Waals surface area (Å²) in [4.78, 5) is 33.0. The van der Waals surface area contributed by atoms with Gasteiger partial charge in [0.05, 0.1) is 13.2 Å². The molecule has 0 aromatic rings. The van der Waals surface area contributed by atoms with E-state index in [0.717, 1.165) is 5.01 Å². The van der Waals surface area contributed by atoms with Crippen LogP contribution in [0, 0.1) is 0 Å². The molecule has 0 aliphatic rings. The number of nitrogens with zero attached hydrogens (tertiary/aromatic N) is 1. The minimum absolute atomic E-state index is 0.211. The average molecular weight is 247 g/mol. The Morgan fingerprint density at radius 1 is 1.06 bits per heavy atom. The topological polar surface area (TPSA) is 111 Å². The van der Waals surface area contributed by atoms with Crippen molar-refractivity contribution in [2.45, 2.75) is 13.8 Å².